The van der Waals surface area contributed by atoms with Crippen LogP contribution in [0.1, 0.15) is 29.3 Å². The smallest absolute Gasteiger partial charge is 0.368 e. The topological polar surface area (TPSA) is 96.0 Å². The number of carbonyl (C=O) groups excluding carboxylic acids is 2. The SMILES string of the molecule is C[C@H](CC#N)[C@H](NC(=O)c1cccc(C(F)(F)F)c1)C(N)=O. The van der Waals surface area contributed by atoms with Crippen molar-refractivity contribution in [1.82, 2.24) is 5.32 Å². The van der Waals surface area contributed by atoms with Gasteiger partial charge in [-0.15, -0.1) is 0 Å². The summed E-state index contributed by atoms with van der Waals surface area (Å²) in [5.41, 5.74) is 3.93. The summed E-state index contributed by atoms with van der Waals surface area (Å²) in [6, 6.07) is 4.50. The number of nitriles is 1. The van der Waals surface area contributed by atoms with Crippen molar-refractivity contribution in [1.29, 1.82) is 5.26 Å². The largest absolute Gasteiger partial charge is 0.416 e. The summed E-state index contributed by atoms with van der Waals surface area (Å²) < 4.78 is 37.8. The Morgan fingerprint density at radius 1 is 1.41 bits per heavy atom. The second kappa shape index (κ2) is 6.93. The molecule has 0 aromatic heterocycles. The molecule has 1 aromatic carbocycles. The molecule has 2 amide bonds. The van der Waals surface area contributed by atoms with Crippen molar-refractivity contribution in [2.45, 2.75) is 25.6 Å². The fourth-order valence-electron chi connectivity index (χ4n) is 1.82. The van der Waals surface area contributed by atoms with E-state index in [9.17, 15) is 22.8 Å². The molecule has 0 unspecified atom stereocenters. The first kappa shape index (κ1) is 17.5. The van der Waals surface area contributed by atoms with E-state index >= 15 is 0 Å². The average Bonchev–Trinajstić information content (AvgIpc) is 2.43. The second-order valence-corrected chi connectivity index (χ2v) is 4.77. The van der Waals surface area contributed by atoms with Gasteiger partial charge in [-0.1, -0.05) is 13.0 Å². The van der Waals surface area contributed by atoms with Crippen LogP contribution < -0.4 is 11.1 Å². The second-order valence-electron chi connectivity index (χ2n) is 4.77. The van der Waals surface area contributed by atoms with Crippen molar-refractivity contribution in [2.75, 3.05) is 0 Å². The quantitative estimate of drug-likeness (QED) is 0.868. The molecule has 2 atom stereocenters. The van der Waals surface area contributed by atoms with Gasteiger partial charge in [-0.3, -0.25) is 9.59 Å². The molecule has 8 heteroatoms. The van der Waals surface area contributed by atoms with Crippen molar-refractivity contribution >= 4 is 11.8 Å². The van der Waals surface area contributed by atoms with E-state index in [1.165, 1.54) is 13.0 Å². The summed E-state index contributed by atoms with van der Waals surface area (Å²) >= 11 is 0. The van der Waals surface area contributed by atoms with Gasteiger partial charge in [0, 0.05) is 12.0 Å². The maximum absolute atomic E-state index is 12.6. The lowest BCUT2D eigenvalue weighted by molar-refractivity contribution is -0.137. The highest BCUT2D eigenvalue weighted by atomic mass is 19.4. The Morgan fingerprint density at radius 2 is 2.05 bits per heavy atom. The molecule has 0 saturated carbocycles. The first-order valence-corrected chi connectivity index (χ1v) is 6.31. The number of nitrogens with two attached hydrogens (primary N) is 1. The Morgan fingerprint density at radius 3 is 2.55 bits per heavy atom. The van der Waals surface area contributed by atoms with Crippen molar-refractivity contribution < 1.29 is 22.8 Å². The van der Waals surface area contributed by atoms with E-state index in [0.717, 1.165) is 12.1 Å². The summed E-state index contributed by atoms with van der Waals surface area (Å²) in [5, 5.41) is 10.9. The Balaban J connectivity index is 2.96. The third-order valence-corrected chi connectivity index (χ3v) is 3.03. The van der Waals surface area contributed by atoms with Crippen LogP contribution in [0.25, 0.3) is 0 Å². The summed E-state index contributed by atoms with van der Waals surface area (Å²) in [4.78, 5) is 23.3. The summed E-state index contributed by atoms with van der Waals surface area (Å²) in [7, 11) is 0. The van der Waals surface area contributed by atoms with E-state index in [2.05, 4.69) is 5.32 Å². The predicted molar refractivity (Wildman–Crippen MR) is 71.3 cm³/mol. The van der Waals surface area contributed by atoms with E-state index < -0.39 is 35.5 Å². The summed E-state index contributed by atoms with van der Waals surface area (Å²) in [6.45, 7) is 1.53. The lowest BCUT2D eigenvalue weighted by Gasteiger charge is -2.20. The van der Waals surface area contributed by atoms with Gasteiger partial charge < -0.3 is 11.1 Å². The van der Waals surface area contributed by atoms with Crippen LogP contribution >= 0.6 is 0 Å². The number of rotatable bonds is 5. The zero-order chi connectivity index (χ0) is 16.9. The maximum Gasteiger partial charge on any atom is 0.416 e. The summed E-state index contributed by atoms with van der Waals surface area (Å²) in [5.74, 6) is -2.28. The van der Waals surface area contributed by atoms with Crippen molar-refractivity contribution in [3.05, 3.63) is 35.4 Å². The van der Waals surface area contributed by atoms with Crippen molar-refractivity contribution in [3.8, 4) is 6.07 Å². The Labute approximate surface area is 124 Å². The van der Waals surface area contributed by atoms with Gasteiger partial charge in [0.1, 0.15) is 6.04 Å². The minimum absolute atomic E-state index is 0.0313. The van der Waals surface area contributed by atoms with Crippen molar-refractivity contribution in [3.63, 3.8) is 0 Å². The molecule has 118 valence electrons. The van der Waals surface area contributed by atoms with Gasteiger partial charge in [-0.2, -0.15) is 18.4 Å². The monoisotopic (exact) mass is 313 g/mol. The molecule has 0 radical (unpaired) electrons. The number of alkyl halides is 3. The highest BCUT2D eigenvalue weighted by molar-refractivity contribution is 5.97. The van der Waals surface area contributed by atoms with Crippen LogP contribution in [0.4, 0.5) is 13.2 Å². The van der Waals surface area contributed by atoms with Crippen LogP contribution in [0.5, 0.6) is 0 Å². The number of hydrogen-bond acceptors (Lipinski definition) is 3. The van der Waals surface area contributed by atoms with Gasteiger partial charge >= 0.3 is 6.18 Å². The molecule has 0 heterocycles. The minimum atomic E-state index is -4.58. The van der Waals surface area contributed by atoms with Gasteiger partial charge in [-0.05, 0) is 24.1 Å². The van der Waals surface area contributed by atoms with Gasteiger partial charge in [0.15, 0.2) is 0 Å². The van der Waals surface area contributed by atoms with E-state index in [0.29, 0.717) is 6.07 Å². The molecule has 0 aliphatic carbocycles. The number of amides is 2. The average molecular weight is 313 g/mol. The minimum Gasteiger partial charge on any atom is -0.368 e. The number of halogens is 3. The highest BCUT2D eigenvalue weighted by Gasteiger charge is 2.31. The molecule has 1 aromatic rings. The van der Waals surface area contributed by atoms with Crippen LogP contribution in [0, 0.1) is 17.2 Å². The summed E-state index contributed by atoms with van der Waals surface area (Å²) in [6.07, 6.45) is -4.61. The molecule has 5 nitrogen and oxygen atoms in total. The standard InChI is InChI=1S/C14H14F3N3O2/c1-8(5-6-18)11(12(19)21)20-13(22)9-3-2-4-10(7-9)14(15,16)17/h2-4,7-8,11H,5H2,1H3,(H2,19,21)(H,20,22)/t8-,11+/m1/s1. The molecular weight excluding hydrogens is 299 g/mol. The van der Waals surface area contributed by atoms with Crippen LogP contribution in [-0.2, 0) is 11.0 Å². The van der Waals surface area contributed by atoms with E-state index in [4.69, 9.17) is 11.0 Å². The Bertz CT molecular complexity index is 608. The number of benzene rings is 1. The number of primary amides is 1. The number of carbonyl (C=O) groups is 2. The molecule has 0 aliphatic heterocycles. The zero-order valence-corrected chi connectivity index (χ0v) is 11.6. The van der Waals surface area contributed by atoms with Crippen LogP contribution in [-0.4, -0.2) is 17.9 Å². The van der Waals surface area contributed by atoms with Crippen LogP contribution in [0.2, 0.25) is 0 Å². The van der Waals surface area contributed by atoms with Gasteiger partial charge in [0.25, 0.3) is 5.91 Å². The number of hydrogen-bond donors (Lipinski definition) is 2. The lowest BCUT2D eigenvalue weighted by Crippen LogP contribution is -2.48. The third-order valence-electron chi connectivity index (χ3n) is 3.03. The molecule has 0 aliphatic rings. The van der Waals surface area contributed by atoms with Gasteiger partial charge in [-0.25, -0.2) is 0 Å². The maximum atomic E-state index is 12.6. The molecular formula is C14H14F3N3O2. The predicted octanol–water partition coefficient (Wildman–Crippen LogP) is 1.84. The number of nitrogens with one attached hydrogen (secondary N) is 1. The zero-order valence-electron chi connectivity index (χ0n) is 11.6. The lowest BCUT2D eigenvalue weighted by atomic mass is 9.98. The first-order chi connectivity index (χ1) is 10.2. The fraction of sp³-hybridized carbons (Fsp3) is 0.357. The molecule has 0 spiro atoms. The Kier molecular flexibility index (Phi) is 5.51. The molecule has 22 heavy (non-hydrogen) atoms. The van der Waals surface area contributed by atoms with E-state index in [1.54, 1.807) is 0 Å². The third kappa shape index (κ3) is 4.48. The van der Waals surface area contributed by atoms with Crippen LogP contribution in [0.15, 0.2) is 24.3 Å². The number of nitrogens with zero attached hydrogens (tertiary/aromatic N) is 1. The molecule has 0 fully saturated rings. The van der Waals surface area contributed by atoms with Gasteiger partial charge in [0.05, 0.1) is 11.6 Å². The Hall–Kier alpha value is -2.56. The van der Waals surface area contributed by atoms with Gasteiger partial charge in [0.2, 0.25) is 5.91 Å². The van der Waals surface area contributed by atoms with Crippen LogP contribution in [0.3, 0.4) is 0 Å². The normalized spacial score (nSPS) is 13.8. The highest BCUT2D eigenvalue weighted by Crippen LogP contribution is 2.29. The van der Waals surface area contributed by atoms with E-state index in [-0.39, 0.29) is 12.0 Å². The fourth-order valence-corrected chi connectivity index (χ4v) is 1.82. The molecule has 1 rings (SSSR count). The molecule has 0 saturated heterocycles. The molecule has 0 bridgehead atoms. The van der Waals surface area contributed by atoms with E-state index in [1.807, 2.05) is 6.07 Å². The van der Waals surface area contributed by atoms with Crippen molar-refractivity contribution in [2.24, 2.45) is 11.7 Å². The first-order valence-electron chi connectivity index (χ1n) is 6.31. The molecule has 3 N–H and O–H groups in total.